The Kier molecular flexibility index (Phi) is 8.83. The second kappa shape index (κ2) is 13.7. The van der Waals surface area contributed by atoms with E-state index in [4.69, 9.17) is 27.1 Å². The van der Waals surface area contributed by atoms with Gasteiger partial charge in [-0.1, -0.05) is 109 Å². The maximum Gasteiger partial charge on any atom is 0.530 e. The molecule has 8 rings (SSSR count). The highest BCUT2D eigenvalue weighted by Gasteiger charge is 2.31. The summed E-state index contributed by atoms with van der Waals surface area (Å²) in [7, 11) is -3.78. The van der Waals surface area contributed by atoms with Crippen LogP contribution in [0.15, 0.2) is 121 Å². The number of hydrogen-bond donors (Lipinski definition) is 0. The van der Waals surface area contributed by atoms with Crippen LogP contribution >= 0.6 is 17.2 Å². The van der Waals surface area contributed by atoms with Crippen molar-refractivity contribution in [2.24, 2.45) is 0 Å². The number of rotatable bonds is 5. The third kappa shape index (κ3) is 6.38. The molecule has 6 aromatic rings. The zero-order valence-electron chi connectivity index (χ0n) is 28.3. The number of fused-ring (bicyclic) bond motifs is 4. The largest absolute Gasteiger partial charge is 0.530 e. The zero-order valence-corrected chi connectivity index (χ0v) is 30.1. The Labute approximate surface area is 295 Å². The molecule has 0 spiro atoms. The van der Waals surface area contributed by atoms with E-state index in [0.717, 1.165) is 78.6 Å². The lowest BCUT2D eigenvalue weighted by atomic mass is 9.99. The average molecular weight is 699 g/mol. The smallest absolute Gasteiger partial charge is 0.408 e. The van der Waals surface area contributed by atoms with E-state index >= 15 is 0 Å². The van der Waals surface area contributed by atoms with E-state index < -0.39 is 17.2 Å². The van der Waals surface area contributed by atoms with Crippen molar-refractivity contribution < 1.29 is 27.1 Å². The Morgan fingerprint density at radius 2 is 0.680 bits per heavy atom. The van der Waals surface area contributed by atoms with E-state index in [1.165, 1.54) is 0 Å². The summed E-state index contributed by atoms with van der Waals surface area (Å²) in [4.78, 5) is 0. The van der Waals surface area contributed by atoms with Crippen molar-refractivity contribution in [1.29, 1.82) is 0 Å². The van der Waals surface area contributed by atoms with Gasteiger partial charge in [0.15, 0.2) is 0 Å². The molecule has 0 atom stereocenters. The van der Waals surface area contributed by atoms with Gasteiger partial charge in [-0.2, -0.15) is 0 Å². The van der Waals surface area contributed by atoms with E-state index in [1.807, 2.05) is 100 Å². The first kappa shape index (κ1) is 32.2. The Balaban J connectivity index is 1.15. The molecule has 0 saturated carbocycles. The summed E-state index contributed by atoms with van der Waals surface area (Å²) in [5.41, 5.74) is 10.1. The molecule has 0 aliphatic carbocycles. The SMILES string of the molecule is Cc1cccc2c1OP(Oc1ccccc1-c1ccccc1OP1Oc3c(C)cccc3Cc3cccc(C)c3O1)Oc1c(C)cccc1C2. The van der Waals surface area contributed by atoms with Crippen LogP contribution in [0, 0.1) is 27.7 Å². The molecule has 2 heterocycles. The van der Waals surface area contributed by atoms with Gasteiger partial charge in [0.05, 0.1) is 0 Å². The van der Waals surface area contributed by atoms with Crippen LogP contribution in [0.4, 0.5) is 0 Å². The van der Waals surface area contributed by atoms with Gasteiger partial charge in [-0.25, -0.2) is 0 Å². The van der Waals surface area contributed by atoms with Gasteiger partial charge in [-0.3, -0.25) is 0 Å². The van der Waals surface area contributed by atoms with Crippen LogP contribution in [0.1, 0.15) is 44.5 Å². The van der Waals surface area contributed by atoms with Crippen molar-refractivity contribution >= 4 is 17.2 Å². The first-order valence-corrected chi connectivity index (χ1v) is 18.8. The van der Waals surface area contributed by atoms with E-state index in [9.17, 15) is 0 Å². The third-order valence-corrected chi connectivity index (χ3v) is 11.0. The summed E-state index contributed by atoms with van der Waals surface area (Å²) >= 11 is 0. The lowest BCUT2D eigenvalue weighted by Gasteiger charge is -2.27. The van der Waals surface area contributed by atoms with Gasteiger partial charge in [0.2, 0.25) is 0 Å². The summed E-state index contributed by atoms with van der Waals surface area (Å²) < 4.78 is 39.8. The Morgan fingerprint density at radius 1 is 0.380 bits per heavy atom. The van der Waals surface area contributed by atoms with Crippen molar-refractivity contribution in [3.63, 3.8) is 0 Å². The van der Waals surface area contributed by atoms with Gasteiger partial charge in [0, 0.05) is 24.0 Å². The first-order chi connectivity index (χ1) is 24.4. The zero-order chi connectivity index (χ0) is 34.2. The lowest BCUT2D eigenvalue weighted by Crippen LogP contribution is -2.11. The maximum absolute atomic E-state index is 6.71. The number of benzene rings is 6. The minimum atomic E-state index is -1.89. The van der Waals surface area contributed by atoms with E-state index in [-0.39, 0.29) is 0 Å². The molecule has 0 aromatic heterocycles. The molecule has 50 heavy (non-hydrogen) atoms. The van der Waals surface area contributed by atoms with Crippen LogP contribution in [0.25, 0.3) is 11.1 Å². The molecule has 2 aliphatic rings. The van der Waals surface area contributed by atoms with Crippen LogP contribution in [0.5, 0.6) is 34.5 Å². The molecule has 0 amide bonds. The fraction of sp³-hybridized carbons (Fsp3) is 0.143. The fourth-order valence-corrected chi connectivity index (χ4v) is 8.96. The van der Waals surface area contributed by atoms with E-state index in [1.54, 1.807) is 0 Å². The second-order valence-corrected chi connectivity index (χ2v) is 14.6. The molecule has 0 bridgehead atoms. The normalized spacial score (nSPS) is 13.9. The summed E-state index contributed by atoms with van der Waals surface area (Å²) in [5, 5.41) is 0. The minimum absolute atomic E-state index is 0.607. The number of para-hydroxylation sites is 6. The Morgan fingerprint density at radius 3 is 1.00 bits per heavy atom. The van der Waals surface area contributed by atoms with Gasteiger partial charge < -0.3 is 27.1 Å². The summed E-state index contributed by atoms with van der Waals surface area (Å²) in [5.74, 6) is 4.38. The summed E-state index contributed by atoms with van der Waals surface area (Å²) in [6.07, 6.45) is 1.42. The number of aryl methyl sites for hydroxylation is 4. The Bertz CT molecular complexity index is 1950. The van der Waals surface area contributed by atoms with Crippen molar-refractivity contribution in [3.8, 4) is 45.6 Å². The lowest BCUT2D eigenvalue weighted by molar-refractivity contribution is 0.377. The topological polar surface area (TPSA) is 55.4 Å². The van der Waals surface area contributed by atoms with Crippen LogP contribution in [0.2, 0.25) is 0 Å². The summed E-state index contributed by atoms with van der Waals surface area (Å²) in [6.45, 7) is 8.20. The minimum Gasteiger partial charge on any atom is -0.408 e. The van der Waals surface area contributed by atoms with Crippen LogP contribution in [-0.4, -0.2) is 0 Å². The molecular formula is C42H36O6P2. The molecule has 2 aliphatic heterocycles. The average Bonchev–Trinajstić information content (AvgIpc) is 3.09. The molecule has 6 aromatic carbocycles. The van der Waals surface area contributed by atoms with Crippen LogP contribution in [-0.2, 0) is 12.8 Å². The van der Waals surface area contributed by atoms with E-state index in [0.29, 0.717) is 24.3 Å². The highest BCUT2D eigenvalue weighted by molar-refractivity contribution is 7.43. The quantitative estimate of drug-likeness (QED) is 0.167. The fourth-order valence-electron chi connectivity index (χ4n) is 6.45. The van der Waals surface area contributed by atoms with Gasteiger partial charge in [0.25, 0.3) is 0 Å². The monoisotopic (exact) mass is 698 g/mol. The predicted octanol–water partition coefficient (Wildman–Crippen LogP) is 11.9. The predicted molar refractivity (Wildman–Crippen MR) is 200 cm³/mol. The summed E-state index contributed by atoms with van der Waals surface area (Å²) in [6, 6.07) is 40.7. The van der Waals surface area contributed by atoms with Crippen LogP contribution in [0.3, 0.4) is 0 Å². The van der Waals surface area contributed by atoms with Gasteiger partial charge in [-0.05, 0) is 84.3 Å². The number of hydrogen-bond acceptors (Lipinski definition) is 6. The molecule has 0 unspecified atom stereocenters. The van der Waals surface area contributed by atoms with Crippen molar-refractivity contribution in [1.82, 2.24) is 0 Å². The molecule has 0 saturated heterocycles. The third-order valence-electron chi connectivity index (χ3n) is 9.01. The molecule has 0 N–H and O–H groups in total. The second-order valence-electron chi connectivity index (χ2n) is 12.6. The van der Waals surface area contributed by atoms with Crippen molar-refractivity contribution in [2.75, 3.05) is 0 Å². The van der Waals surface area contributed by atoms with Gasteiger partial charge in [-0.15, -0.1) is 0 Å². The van der Waals surface area contributed by atoms with Crippen LogP contribution < -0.4 is 27.1 Å². The van der Waals surface area contributed by atoms with Crippen molar-refractivity contribution in [3.05, 3.63) is 166 Å². The first-order valence-electron chi connectivity index (χ1n) is 16.6. The molecule has 8 heteroatoms. The van der Waals surface area contributed by atoms with Gasteiger partial charge in [0.1, 0.15) is 34.5 Å². The standard InChI is InChI=1S/C42H36O6P2/c1-27-13-9-17-31-25-32-18-10-14-28(2)40(32)46-49(45-39(27)31)43-37-23-7-5-21-35(37)36-22-6-8-24-38(36)44-50-47-41-29(3)15-11-19-33(41)26-34-20-12-16-30(4)42(34)48-50/h5-24H,25-26H2,1-4H3. The highest BCUT2D eigenvalue weighted by Crippen LogP contribution is 2.53. The Hall–Kier alpha value is -5.02. The maximum atomic E-state index is 6.71. The molecule has 250 valence electrons. The molecule has 6 nitrogen and oxygen atoms in total. The molecule has 0 fully saturated rings. The van der Waals surface area contributed by atoms with Gasteiger partial charge >= 0.3 is 17.2 Å². The molecule has 0 radical (unpaired) electrons. The highest BCUT2D eigenvalue weighted by atomic mass is 31.2. The van der Waals surface area contributed by atoms with E-state index in [2.05, 4.69) is 48.5 Å². The molecular weight excluding hydrogens is 662 g/mol. The van der Waals surface area contributed by atoms with Crippen molar-refractivity contribution in [2.45, 2.75) is 40.5 Å².